The highest BCUT2D eigenvalue weighted by molar-refractivity contribution is 5.79. The number of anilines is 1. The fourth-order valence-electron chi connectivity index (χ4n) is 3.78. The number of nitrogens with zero attached hydrogens (tertiary/aromatic N) is 1. The predicted octanol–water partition coefficient (Wildman–Crippen LogP) is 3.74. The van der Waals surface area contributed by atoms with Gasteiger partial charge in [0.15, 0.2) is 0 Å². The average molecular weight is 300 g/mol. The Morgan fingerprint density at radius 3 is 2.18 bits per heavy atom. The van der Waals surface area contributed by atoms with Crippen molar-refractivity contribution in [2.45, 2.75) is 57.4 Å². The number of rotatable bonds is 3. The van der Waals surface area contributed by atoms with Crippen molar-refractivity contribution in [3.8, 4) is 0 Å². The number of benzene rings is 1. The molecule has 1 aromatic carbocycles. The van der Waals surface area contributed by atoms with Crippen LogP contribution in [0.1, 0.15) is 51.4 Å². The highest BCUT2D eigenvalue weighted by Gasteiger charge is 2.26. The van der Waals surface area contributed by atoms with Gasteiger partial charge in [0.1, 0.15) is 0 Å². The molecule has 1 amide bonds. The van der Waals surface area contributed by atoms with Crippen molar-refractivity contribution in [3.63, 3.8) is 0 Å². The first-order chi connectivity index (χ1) is 10.8. The summed E-state index contributed by atoms with van der Waals surface area (Å²) in [5.41, 5.74) is 1.28. The Hall–Kier alpha value is -1.51. The number of piperidine rings is 1. The Bertz CT molecular complexity index is 458. The molecule has 0 atom stereocenters. The first kappa shape index (κ1) is 15.4. The molecule has 120 valence electrons. The molecule has 0 spiro atoms. The minimum atomic E-state index is 0.211. The number of para-hydroxylation sites is 1. The lowest BCUT2D eigenvalue weighted by Crippen LogP contribution is -2.43. The molecule has 3 heteroatoms. The van der Waals surface area contributed by atoms with Crippen LogP contribution in [0, 0.1) is 5.92 Å². The van der Waals surface area contributed by atoms with Crippen LogP contribution in [0.2, 0.25) is 0 Å². The van der Waals surface area contributed by atoms with Crippen molar-refractivity contribution in [1.29, 1.82) is 0 Å². The Morgan fingerprint density at radius 2 is 1.55 bits per heavy atom. The first-order valence-electron chi connectivity index (χ1n) is 8.93. The van der Waals surface area contributed by atoms with Gasteiger partial charge in [0.2, 0.25) is 5.91 Å². The van der Waals surface area contributed by atoms with E-state index in [1.807, 2.05) is 0 Å². The molecule has 0 unspecified atom stereocenters. The van der Waals surface area contributed by atoms with E-state index >= 15 is 0 Å². The molecule has 1 saturated carbocycles. The van der Waals surface area contributed by atoms with Crippen LogP contribution < -0.4 is 10.2 Å². The van der Waals surface area contributed by atoms with Gasteiger partial charge < -0.3 is 10.2 Å². The number of amides is 1. The van der Waals surface area contributed by atoms with Gasteiger partial charge in [-0.05, 0) is 37.8 Å². The third kappa shape index (κ3) is 4.02. The standard InChI is InChI=1S/C19H28N2O/c22-19(20-17-8-4-1-2-5-9-17)16-12-14-21(15-13-16)18-10-6-3-7-11-18/h3,6-7,10-11,16-17H,1-2,4-5,8-9,12-15H2,(H,20,22). The molecule has 0 radical (unpaired) electrons. The Morgan fingerprint density at radius 1 is 0.909 bits per heavy atom. The van der Waals surface area contributed by atoms with Crippen LogP contribution in [0.5, 0.6) is 0 Å². The number of hydrogen-bond acceptors (Lipinski definition) is 2. The molecule has 22 heavy (non-hydrogen) atoms. The number of carbonyl (C=O) groups excluding carboxylic acids is 1. The molecule has 1 aromatic rings. The molecule has 1 heterocycles. The minimum Gasteiger partial charge on any atom is -0.371 e. The first-order valence-corrected chi connectivity index (χ1v) is 8.93. The van der Waals surface area contributed by atoms with Gasteiger partial charge in [0.25, 0.3) is 0 Å². The summed E-state index contributed by atoms with van der Waals surface area (Å²) in [6.45, 7) is 1.99. The highest BCUT2D eigenvalue weighted by Crippen LogP contribution is 2.24. The van der Waals surface area contributed by atoms with E-state index in [4.69, 9.17) is 0 Å². The quantitative estimate of drug-likeness (QED) is 0.862. The Kier molecular flexibility index (Phi) is 5.36. The van der Waals surface area contributed by atoms with Gasteiger partial charge in [-0.2, -0.15) is 0 Å². The Balaban J connectivity index is 1.47. The summed E-state index contributed by atoms with van der Waals surface area (Å²) in [5.74, 6) is 0.517. The van der Waals surface area contributed by atoms with E-state index in [0.717, 1.165) is 25.9 Å². The van der Waals surface area contributed by atoms with Crippen molar-refractivity contribution in [2.75, 3.05) is 18.0 Å². The molecule has 3 nitrogen and oxygen atoms in total. The second-order valence-corrected chi connectivity index (χ2v) is 6.79. The van der Waals surface area contributed by atoms with Gasteiger partial charge in [-0.15, -0.1) is 0 Å². The predicted molar refractivity (Wildman–Crippen MR) is 91.0 cm³/mol. The van der Waals surface area contributed by atoms with Gasteiger partial charge in [-0.25, -0.2) is 0 Å². The van der Waals surface area contributed by atoms with E-state index in [1.165, 1.54) is 44.2 Å². The SMILES string of the molecule is O=C(NC1CCCCCC1)C1CCN(c2ccccc2)CC1. The average Bonchev–Trinajstić information content (AvgIpc) is 2.84. The summed E-state index contributed by atoms with van der Waals surface area (Å²) in [7, 11) is 0. The second kappa shape index (κ2) is 7.66. The van der Waals surface area contributed by atoms with Crippen LogP contribution in [0.4, 0.5) is 5.69 Å². The number of nitrogens with one attached hydrogen (secondary N) is 1. The van der Waals surface area contributed by atoms with E-state index < -0.39 is 0 Å². The molecular weight excluding hydrogens is 272 g/mol. The summed E-state index contributed by atoms with van der Waals surface area (Å²) in [4.78, 5) is 14.9. The van der Waals surface area contributed by atoms with E-state index in [-0.39, 0.29) is 5.92 Å². The maximum atomic E-state index is 12.5. The highest BCUT2D eigenvalue weighted by atomic mass is 16.1. The number of hydrogen-bond donors (Lipinski definition) is 1. The normalized spacial score (nSPS) is 21.4. The van der Waals surface area contributed by atoms with E-state index in [9.17, 15) is 4.79 Å². The van der Waals surface area contributed by atoms with E-state index in [1.54, 1.807) is 0 Å². The largest absolute Gasteiger partial charge is 0.371 e. The molecule has 0 bridgehead atoms. The molecule has 1 saturated heterocycles. The fourth-order valence-corrected chi connectivity index (χ4v) is 3.78. The van der Waals surface area contributed by atoms with Crippen LogP contribution in [0.3, 0.4) is 0 Å². The summed E-state index contributed by atoms with van der Waals surface area (Å²) >= 11 is 0. The zero-order valence-corrected chi connectivity index (χ0v) is 13.5. The van der Waals surface area contributed by atoms with Crippen molar-refractivity contribution in [3.05, 3.63) is 30.3 Å². The summed E-state index contributed by atoms with van der Waals surface area (Å²) < 4.78 is 0. The maximum absolute atomic E-state index is 12.5. The topological polar surface area (TPSA) is 32.3 Å². The van der Waals surface area contributed by atoms with E-state index in [2.05, 4.69) is 40.5 Å². The monoisotopic (exact) mass is 300 g/mol. The van der Waals surface area contributed by atoms with Crippen molar-refractivity contribution in [2.24, 2.45) is 5.92 Å². The van der Waals surface area contributed by atoms with Crippen LogP contribution >= 0.6 is 0 Å². The third-order valence-electron chi connectivity index (χ3n) is 5.19. The third-order valence-corrected chi connectivity index (χ3v) is 5.19. The van der Waals surface area contributed by atoms with Crippen molar-refractivity contribution in [1.82, 2.24) is 5.32 Å². The summed E-state index contributed by atoms with van der Waals surface area (Å²) in [6.07, 6.45) is 9.53. The van der Waals surface area contributed by atoms with Crippen molar-refractivity contribution < 1.29 is 4.79 Å². The van der Waals surface area contributed by atoms with Crippen LogP contribution in [-0.2, 0) is 4.79 Å². The zero-order valence-electron chi connectivity index (χ0n) is 13.5. The van der Waals surface area contributed by atoms with E-state index in [0.29, 0.717) is 11.9 Å². The van der Waals surface area contributed by atoms with Gasteiger partial charge >= 0.3 is 0 Å². The maximum Gasteiger partial charge on any atom is 0.223 e. The second-order valence-electron chi connectivity index (χ2n) is 6.79. The molecular formula is C19H28N2O. The van der Waals surface area contributed by atoms with Gasteiger partial charge in [-0.3, -0.25) is 4.79 Å². The minimum absolute atomic E-state index is 0.211. The molecule has 2 fully saturated rings. The number of carbonyl (C=O) groups is 1. The van der Waals surface area contributed by atoms with Gasteiger partial charge in [-0.1, -0.05) is 43.9 Å². The molecule has 2 aliphatic rings. The lowest BCUT2D eigenvalue weighted by Gasteiger charge is -2.33. The molecule has 1 aliphatic heterocycles. The van der Waals surface area contributed by atoms with Gasteiger partial charge in [0, 0.05) is 30.7 Å². The van der Waals surface area contributed by atoms with Crippen LogP contribution in [0.15, 0.2) is 30.3 Å². The fraction of sp³-hybridized carbons (Fsp3) is 0.632. The smallest absolute Gasteiger partial charge is 0.223 e. The molecule has 3 rings (SSSR count). The molecule has 1 aliphatic carbocycles. The van der Waals surface area contributed by atoms with Crippen LogP contribution in [0.25, 0.3) is 0 Å². The lowest BCUT2D eigenvalue weighted by molar-refractivity contribution is -0.126. The lowest BCUT2D eigenvalue weighted by atomic mass is 9.94. The van der Waals surface area contributed by atoms with Crippen molar-refractivity contribution >= 4 is 11.6 Å². The van der Waals surface area contributed by atoms with Crippen LogP contribution in [-0.4, -0.2) is 25.0 Å². The Labute approximate surface area is 134 Å². The molecule has 1 N–H and O–H groups in total. The van der Waals surface area contributed by atoms with Gasteiger partial charge in [0.05, 0.1) is 0 Å². The summed E-state index contributed by atoms with van der Waals surface area (Å²) in [5, 5.41) is 3.33. The molecule has 0 aromatic heterocycles. The summed E-state index contributed by atoms with van der Waals surface area (Å²) in [6, 6.07) is 11.0. The zero-order chi connectivity index (χ0) is 15.2.